The Morgan fingerprint density at radius 2 is 1.68 bits per heavy atom. The first-order valence-electron chi connectivity index (χ1n) is 9.15. The van der Waals surface area contributed by atoms with E-state index >= 15 is 0 Å². The normalized spacial score (nSPS) is 19.6. The Hall–Kier alpha value is -2.36. The van der Waals surface area contributed by atoms with Crippen LogP contribution in [-0.2, 0) is 4.79 Å². The quantitative estimate of drug-likeness (QED) is 0.934. The van der Waals surface area contributed by atoms with E-state index in [9.17, 15) is 9.59 Å². The maximum absolute atomic E-state index is 12.6. The molecule has 1 heterocycles. The van der Waals surface area contributed by atoms with Crippen LogP contribution in [0, 0.1) is 5.41 Å². The van der Waals surface area contributed by atoms with Crippen LogP contribution < -0.4 is 5.32 Å². The number of likely N-dealkylation sites (tertiary alicyclic amines) is 1. The molecule has 0 aromatic heterocycles. The second-order valence-electron chi connectivity index (χ2n) is 7.58. The summed E-state index contributed by atoms with van der Waals surface area (Å²) < 4.78 is 0. The molecule has 2 aromatic rings. The molecule has 0 bridgehead atoms. The average Bonchev–Trinajstić information content (AvgIpc) is 3.40. The lowest BCUT2D eigenvalue weighted by atomic mass is 9.93. The van der Waals surface area contributed by atoms with Crippen LogP contribution in [0.3, 0.4) is 0 Å². The fraction of sp³-hybridized carbons (Fsp3) is 0.429. The van der Waals surface area contributed by atoms with E-state index in [2.05, 4.69) is 5.32 Å². The number of carbonyl (C=O) groups excluding carboxylic acids is 2. The van der Waals surface area contributed by atoms with Gasteiger partial charge in [0.25, 0.3) is 5.91 Å². The van der Waals surface area contributed by atoms with E-state index in [-0.39, 0.29) is 11.8 Å². The predicted molar refractivity (Wildman–Crippen MR) is 98.4 cm³/mol. The third kappa shape index (κ3) is 3.26. The first-order chi connectivity index (χ1) is 12.1. The van der Waals surface area contributed by atoms with E-state index in [0.717, 1.165) is 36.7 Å². The number of fused-ring (bicyclic) bond motifs is 1. The van der Waals surface area contributed by atoms with Crippen LogP contribution in [0.1, 0.15) is 43.0 Å². The standard InChI is InChI=1S/C21H24N2O2/c1-15(20(25)23-12-10-21(8-9-21)11-13-23)22-19(24)18-7-6-16-4-2-3-5-17(16)14-18/h2-7,14-15H,8-13H2,1H3,(H,22,24)/t15-/m1/s1. The Kier molecular flexibility index (Phi) is 3.98. The van der Waals surface area contributed by atoms with Gasteiger partial charge in [-0.1, -0.05) is 30.3 Å². The molecular formula is C21H24N2O2. The second-order valence-corrected chi connectivity index (χ2v) is 7.58. The molecule has 1 saturated carbocycles. The zero-order valence-electron chi connectivity index (χ0n) is 14.6. The lowest BCUT2D eigenvalue weighted by molar-refractivity contribution is -0.134. The lowest BCUT2D eigenvalue weighted by Gasteiger charge is -2.33. The maximum Gasteiger partial charge on any atom is 0.251 e. The molecule has 1 atom stereocenters. The van der Waals surface area contributed by atoms with E-state index in [1.807, 2.05) is 47.4 Å². The number of piperidine rings is 1. The number of carbonyl (C=O) groups is 2. The molecule has 4 nitrogen and oxygen atoms in total. The van der Waals surface area contributed by atoms with Gasteiger partial charge in [0.2, 0.25) is 5.91 Å². The summed E-state index contributed by atoms with van der Waals surface area (Å²) in [7, 11) is 0. The Bertz CT molecular complexity index is 816. The molecule has 1 spiro atoms. The van der Waals surface area contributed by atoms with Crippen LogP contribution >= 0.6 is 0 Å². The summed E-state index contributed by atoms with van der Waals surface area (Å²) in [6, 6.07) is 13.1. The van der Waals surface area contributed by atoms with Crippen LogP contribution in [0.15, 0.2) is 42.5 Å². The van der Waals surface area contributed by atoms with Crippen LogP contribution in [-0.4, -0.2) is 35.8 Å². The van der Waals surface area contributed by atoms with Gasteiger partial charge < -0.3 is 10.2 Å². The highest BCUT2D eigenvalue weighted by Crippen LogP contribution is 2.53. The Morgan fingerprint density at radius 3 is 2.36 bits per heavy atom. The van der Waals surface area contributed by atoms with Gasteiger partial charge in [-0.3, -0.25) is 9.59 Å². The fourth-order valence-corrected chi connectivity index (χ4v) is 3.82. The first kappa shape index (κ1) is 16.1. The van der Waals surface area contributed by atoms with E-state index in [0.29, 0.717) is 11.0 Å². The number of nitrogens with zero attached hydrogens (tertiary/aromatic N) is 1. The van der Waals surface area contributed by atoms with E-state index in [4.69, 9.17) is 0 Å². The summed E-state index contributed by atoms with van der Waals surface area (Å²) in [5.41, 5.74) is 1.14. The van der Waals surface area contributed by atoms with Crippen molar-refractivity contribution < 1.29 is 9.59 Å². The van der Waals surface area contributed by atoms with Gasteiger partial charge in [-0.25, -0.2) is 0 Å². The predicted octanol–water partition coefficient (Wildman–Crippen LogP) is 3.36. The summed E-state index contributed by atoms with van der Waals surface area (Å²) in [5.74, 6) is -0.160. The van der Waals surface area contributed by atoms with Crippen molar-refractivity contribution in [1.82, 2.24) is 10.2 Å². The highest BCUT2D eigenvalue weighted by molar-refractivity contribution is 6.00. The van der Waals surface area contributed by atoms with Gasteiger partial charge in [0.1, 0.15) is 6.04 Å². The molecule has 0 radical (unpaired) electrons. The Balaban J connectivity index is 1.39. The molecule has 1 N–H and O–H groups in total. The van der Waals surface area contributed by atoms with E-state index < -0.39 is 6.04 Å². The zero-order valence-corrected chi connectivity index (χ0v) is 14.6. The smallest absolute Gasteiger partial charge is 0.251 e. The highest BCUT2D eigenvalue weighted by atomic mass is 16.2. The van der Waals surface area contributed by atoms with Gasteiger partial charge in [-0.2, -0.15) is 0 Å². The molecular weight excluding hydrogens is 312 g/mol. The molecule has 2 aromatic carbocycles. The minimum atomic E-state index is -0.493. The van der Waals surface area contributed by atoms with Crippen molar-refractivity contribution in [3.05, 3.63) is 48.0 Å². The number of nitrogens with one attached hydrogen (secondary N) is 1. The summed E-state index contributed by atoms with van der Waals surface area (Å²) in [4.78, 5) is 27.0. The topological polar surface area (TPSA) is 49.4 Å². The molecule has 130 valence electrons. The second kappa shape index (κ2) is 6.17. The van der Waals surface area contributed by atoms with Crippen LogP contribution in [0.4, 0.5) is 0 Å². The molecule has 0 unspecified atom stereocenters. The summed E-state index contributed by atoms with van der Waals surface area (Å²) in [6.45, 7) is 3.44. The van der Waals surface area contributed by atoms with E-state index in [1.165, 1.54) is 12.8 Å². The molecule has 1 aliphatic heterocycles. The number of hydrogen-bond donors (Lipinski definition) is 1. The fourth-order valence-electron chi connectivity index (χ4n) is 3.82. The molecule has 2 amide bonds. The van der Waals surface area contributed by atoms with Gasteiger partial charge >= 0.3 is 0 Å². The molecule has 1 aliphatic carbocycles. The van der Waals surface area contributed by atoms with Crippen molar-refractivity contribution in [3.8, 4) is 0 Å². The van der Waals surface area contributed by atoms with Crippen molar-refractivity contribution in [2.24, 2.45) is 5.41 Å². The number of hydrogen-bond acceptors (Lipinski definition) is 2. The molecule has 2 aliphatic rings. The Morgan fingerprint density at radius 1 is 1.00 bits per heavy atom. The molecule has 1 saturated heterocycles. The van der Waals surface area contributed by atoms with Gasteiger partial charge in [0.15, 0.2) is 0 Å². The first-order valence-corrected chi connectivity index (χ1v) is 9.15. The van der Waals surface area contributed by atoms with Gasteiger partial charge in [0, 0.05) is 18.7 Å². The third-order valence-electron chi connectivity index (χ3n) is 5.82. The van der Waals surface area contributed by atoms with Gasteiger partial charge in [-0.15, -0.1) is 0 Å². The monoisotopic (exact) mass is 336 g/mol. The van der Waals surface area contributed by atoms with Crippen LogP contribution in [0.5, 0.6) is 0 Å². The Labute approximate surface area is 148 Å². The lowest BCUT2D eigenvalue weighted by Crippen LogP contribution is -2.49. The van der Waals surface area contributed by atoms with Gasteiger partial charge in [0.05, 0.1) is 0 Å². The van der Waals surface area contributed by atoms with Crippen molar-refractivity contribution in [3.63, 3.8) is 0 Å². The largest absolute Gasteiger partial charge is 0.341 e. The molecule has 4 heteroatoms. The summed E-state index contributed by atoms with van der Waals surface area (Å²) in [6.07, 6.45) is 4.88. The SMILES string of the molecule is C[C@@H](NC(=O)c1ccc2ccccc2c1)C(=O)N1CCC2(CC1)CC2. The van der Waals surface area contributed by atoms with E-state index in [1.54, 1.807) is 6.92 Å². The number of rotatable bonds is 3. The molecule has 25 heavy (non-hydrogen) atoms. The van der Waals surface area contributed by atoms with Crippen molar-refractivity contribution >= 4 is 22.6 Å². The van der Waals surface area contributed by atoms with Crippen LogP contribution in [0.25, 0.3) is 10.8 Å². The minimum absolute atomic E-state index is 0.0321. The molecule has 2 fully saturated rings. The van der Waals surface area contributed by atoms with Crippen LogP contribution in [0.2, 0.25) is 0 Å². The maximum atomic E-state index is 12.6. The number of benzene rings is 2. The summed E-state index contributed by atoms with van der Waals surface area (Å²) >= 11 is 0. The van der Waals surface area contributed by atoms with Gasteiger partial charge in [-0.05, 0) is 60.9 Å². The highest BCUT2D eigenvalue weighted by Gasteiger charge is 2.45. The summed E-state index contributed by atoms with van der Waals surface area (Å²) in [5, 5.41) is 4.99. The van der Waals surface area contributed by atoms with Crippen molar-refractivity contribution in [2.45, 2.75) is 38.6 Å². The molecule has 4 rings (SSSR count). The zero-order chi connectivity index (χ0) is 17.4. The number of amides is 2. The van der Waals surface area contributed by atoms with Crippen molar-refractivity contribution in [2.75, 3.05) is 13.1 Å². The average molecular weight is 336 g/mol. The van der Waals surface area contributed by atoms with Crippen molar-refractivity contribution in [1.29, 1.82) is 0 Å². The third-order valence-corrected chi connectivity index (χ3v) is 5.82. The minimum Gasteiger partial charge on any atom is -0.341 e.